The summed E-state index contributed by atoms with van der Waals surface area (Å²) in [6.07, 6.45) is 2.51. The van der Waals surface area contributed by atoms with Crippen LogP contribution in [-0.2, 0) is 9.57 Å². The lowest BCUT2D eigenvalue weighted by Gasteiger charge is -2.35. The standard InChI is InChI=1S/C16H22F2N2O2/c1-19-13-9-8-12(10-14(13)21-2)15(20-22-16(17)18)11-6-4-3-5-7-11/h3-7,12-14,16,19H,8-10H2,1-2H3/b20-15+/t12-,13+,14+/m0/s1. The van der Waals surface area contributed by atoms with Gasteiger partial charge in [0.1, 0.15) is 0 Å². The van der Waals surface area contributed by atoms with Crippen LogP contribution < -0.4 is 5.32 Å². The third-order valence-corrected chi connectivity index (χ3v) is 4.15. The van der Waals surface area contributed by atoms with Crippen molar-refractivity contribution in [1.29, 1.82) is 0 Å². The van der Waals surface area contributed by atoms with Gasteiger partial charge in [0.2, 0.25) is 0 Å². The highest BCUT2D eigenvalue weighted by Crippen LogP contribution is 2.30. The summed E-state index contributed by atoms with van der Waals surface area (Å²) in [6.45, 7) is -2.91. The molecular formula is C16H22F2N2O2. The lowest BCUT2D eigenvalue weighted by molar-refractivity contribution is -0.128. The maximum absolute atomic E-state index is 12.4. The second-order valence-electron chi connectivity index (χ2n) is 5.39. The van der Waals surface area contributed by atoms with E-state index >= 15 is 0 Å². The van der Waals surface area contributed by atoms with E-state index < -0.39 is 6.61 Å². The van der Waals surface area contributed by atoms with Gasteiger partial charge >= 0.3 is 6.61 Å². The minimum atomic E-state index is -2.91. The molecule has 1 saturated carbocycles. The van der Waals surface area contributed by atoms with Gasteiger partial charge in [0.15, 0.2) is 0 Å². The average molecular weight is 312 g/mol. The van der Waals surface area contributed by atoms with Gasteiger partial charge in [-0.2, -0.15) is 8.78 Å². The first-order valence-electron chi connectivity index (χ1n) is 7.43. The second kappa shape index (κ2) is 8.19. The fourth-order valence-electron chi connectivity index (χ4n) is 3.04. The number of oxime groups is 1. The van der Waals surface area contributed by atoms with Crippen LogP contribution in [0, 0.1) is 5.92 Å². The molecule has 1 aliphatic rings. The van der Waals surface area contributed by atoms with Gasteiger partial charge in [0, 0.05) is 19.1 Å². The molecule has 3 atom stereocenters. The fourth-order valence-corrected chi connectivity index (χ4v) is 3.04. The molecule has 0 aliphatic heterocycles. The topological polar surface area (TPSA) is 42.9 Å². The minimum absolute atomic E-state index is 0.0317. The maximum Gasteiger partial charge on any atom is 0.407 e. The van der Waals surface area contributed by atoms with Crippen molar-refractivity contribution in [2.24, 2.45) is 11.1 Å². The van der Waals surface area contributed by atoms with E-state index in [9.17, 15) is 8.78 Å². The molecule has 22 heavy (non-hydrogen) atoms. The number of nitrogens with one attached hydrogen (secondary N) is 1. The van der Waals surface area contributed by atoms with Crippen molar-refractivity contribution >= 4 is 5.71 Å². The first-order chi connectivity index (χ1) is 10.7. The fraction of sp³-hybridized carbons (Fsp3) is 0.562. The number of ether oxygens (including phenoxy) is 1. The number of hydrogen-bond acceptors (Lipinski definition) is 4. The number of methoxy groups -OCH3 is 1. The molecule has 1 N–H and O–H groups in total. The second-order valence-corrected chi connectivity index (χ2v) is 5.39. The summed E-state index contributed by atoms with van der Waals surface area (Å²) in [5.41, 5.74) is 1.38. The van der Waals surface area contributed by atoms with Crippen LogP contribution in [0.15, 0.2) is 35.5 Å². The van der Waals surface area contributed by atoms with Crippen molar-refractivity contribution in [3.05, 3.63) is 35.9 Å². The van der Waals surface area contributed by atoms with Crippen molar-refractivity contribution in [1.82, 2.24) is 5.32 Å². The van der Waals surface area contributed by atoms with Gasteiger partial charge in [-0.25, -0.2) is 0 Å². The Balaban J connectivity index is 2.20. The normalized spacial score (nSPS) is 26.2. The number of hydrogen-bond donors (Lipinski definition) is 1. The third kappa shape index (κ3) is 4.24. The molecule has 0 unspecified atom stereocenters. The van der Waals surface area contributed by atoms with Crippen LogP contribution in [0.2, 0.25) is 0 Å². The monoisotopic (exact) mass is 312 g/mol. The van der Waals surface area contributed by atoms with Crippen molar-refractivity contribution in [2.45, 2.75) is 38.0 Å². The Morgan fingerprint density at radius 3 is 2.59 bits per heavy atom. The van der Waals surface area contributed by atoms with Crippen LogP contribution in [0.4, 0.5) is 8.78 Å². The molecule has 1 aromatic rings. The Morgan fingerprint density at radius 1 is 1.27 bits per heavy atom. The van der Waals surface area contributed by atoms with Gasteiger partial charge in [-0.05, 0) is 31.9 Å². The van der Waals surface area contributed by atoms with Crippen molar-refractivity contribution < 1.29 is 18.4 Å². The summed E-state index contributed by atoms with van der Waals surface area (Å²) in [5.74, 6) is 0.0377. The zero-order chi connectivity index (χ0) is 15.9. The summed E-state index contributed by atoms with van der Waals surface area (Å²) in [7, 11) is 3.58. The van der Waals surface area contributed by atoms with E-state index in [4.69, 9.17) is 4.74 Å². The van der Waals surface area contributed by atoms with Gasteiger partial charge in [-0.1, -0.05) is 35.5 Å². The first-order valence-corrected chi connectivity index (χ1v) is 7.43. The lowest BCUT2D eigenvalue weighted by atomic mass is 9.79. The zero-order valence-corrected chi connectivity index (χ0v) is 12.8. The van der Waals surface area contributed by atoms with E-state index in [2.05, 4.69) is 15.3 Å². The van der Waals surface area contributed by atoms with E-state index in [0.29, 0.717) is 5.71 Å². The number of likely N-dealkylation sites (N-methyl/N-ethyl adjacent to an activating group) is 1. The Kier molecular flexibility index (Phi) is 6.27. The number of nitrogens with zero attached hydrogens (tertiary/aromatic N) is 1. The van der Waals surface area contributed by atoms with Gasteiger partial charge in [0.25, 0.3) is 0 Å². The Hall–Kier alpha value is -1.53. The SMILES string of the molecule is CN[C@@H]1CC[C@H](/C(=N/OC(F)F)c2ccccc2)C[C@H]1OC. The Morgan fingerprint density at radius 2 is 2.00 bits per heavy atom. The molecule has 1 fully saturated rings. The van der Waals surface area contributed by atoms with Crippen LogP contribution >= 0.6 is 0 Å². The molecule has 4 nitrogen and oxygen atoms in total. The maximum atomic E-state index is 12.4. The van der Waals surface area contributed by atoms with Crippen LogP contribution in [0.25, 0.3) is 0 Å². The van der Waals surface area contributed by atoms with Gasteiger partial charge < -0.3 is 14.9 Å². The molecule has 0 saturated heterocycles. The minimum Gasteiger partial charge on any atom is -0.380 e. The summed E-state index contributed by atoms with van der Waals surface area (Å²) in [5, 5.41) is 6.97. The van der Waals surface area contributed by atoms with Gasteiger partial charge in [-0.3, -0.25) is 0 Å². The van der Waals surface area contributed by atoms with Gasteiger partial charge in [0.05, 0.1) is 11.8 Å². The highest BCUT2D eigenvalue weighted by Gasteiger charge is 2.33. The average Bonchev–Trinajstić information content (AvgIpc) is 2.55. The number of alkyl halides is 2. The third-order valence-electron chi connectivity index (χ3n) is 4.15. The largest absolute Gasteiger partial charge is 0.407 e. The van der Waals surface area contributed by atoms with E-state index in [-0.39, 0.29) is 18.1 Å². The molecule has 2 rings (SSSR count). The van der Waals surface area contributed by atoms with Crippen molar-refractivity contribution in [3.63, 3.8) is 0 Å². The summed E-state index contributed by atoms with van der Waals surface area (Å²) in [6, 6.07) is 9.60. The highest BCUT2D eigenvalue weighted by molar-refractivity contribution is 6.02. The highest BCUT2D eigenvalue weighted by atomic mass is 19.3. The van der Waals surface area contributed by atoms with E-state index in [1.807, 2.05) is 37.4 Å². The lowest BCUT2D eigenvalue weighted by Crippen LogP contribution is -2.45. The quantitative estimate of drug-likeness (QED) is 0.648. The molecule has 122 valence electrons. The molecule has 0 amide bonds. The first kappa shape index (κ1) is 16.8. The predicted octanol–water partition coefficient (Wildman–Crippen LogP) is 3.03. The molecular weight excluding hydrogens is 290 g/mol. The molecule has 0 spiro atoms. The van der Waals surface area contributed by atoms with E-state index in [1.54, 1.807) is 7.11 Å². The number of benzene rings is 1. The van der Waals surface area contributed by atoms with Gasteiger partial charge in [-0.15, -0.1) is 0 Å². The molecule has 0 radical (unpaired) electrons. The van der Waals surface area contributed by atoms with Crippen LogP contribution in [-0.4, -0.2) is 38.6 Å². The summed E-state index contributed by atoms with van der Waals surface area (Å²) >= 11 is 0. The molecule has 0 aromatic heterocycles. The Bertz CT molecular complexity index is 482. The molecule has 1 aliphatic carbocycles. The van der Waals surface area contributed by atoms with Crippen LogP contribution in [0.1, 0.15) is 24.8 Å². The summed E-state index contributed by atoms with van der Waals surface area (Å²) < 4.78 is 30.3. The van der Waals surface area contributed by atoms with Crippen LogP contribution in [0.3, 0.4) is 0 Å². The molecule has 6 heteroatoms. The summed E-state index contributed by atoms with van der Waals surface area (Å²) in [4.78, 5) is 4.23. The van der Waals surface area contributed by atoms with E-state index in [0.717, 1.165) is 24.8 Å². The molecule has 0 bridgehead atoms. The predicted molar refractivity (Wildman–Crippen MR) is 81.1 cm³/mol. The molecule has 1 aromatic carbocycles. The number of rotatable bonds is 6. The smallest absolute Gasteiger partial charge is 0.380 e. The Labute approximate surface area is 129 Å². The van der Waals surface area contributed by atoms with Crippen LogP contribution in [0.5, 0.6) is 0 Å². The van der Waals surface area contributed by atoms with Crippen molar-refractivity contribution in [3.8, 4) is 0 Å². The van der Waals surface area contributed by atoms with E-state index in [1.165, 1.54) is 0 Å². The number of halogens is 2. The molecule has 0 heterocycles. The zero-order valence-electron chi connectivity index (χ0n) is 12.8. The van der Waals surface area contributed by atoms with Crippen molar-refractivity contribution in [2.75, 3.05) is 14.2 Å².